The van der Waals surface area contributed by atoms with Crippen molar-refractivity contribution in [1.82, 2.24) is 10.2 Å². The zero-order valence-electron chi connectivity index (χ0n) is 8.40. The fourth-order valence-electron chi connectivity index (χ4n) is 1.67. The zero-order chi connectivity index (χ0) is 11.3. The number of carboxylic acids is 1. The molecule has 0 radical (unpaired) electrons. The van der Waals surface area contributed by atoms with Crippen molar-refractivity contribution in [3.05, 3.63) is 0 Å². The lowest BCUT2D eigenvalue weighted by Crippen LogP contribution is -2.44. The molecule has 1 aliphatic rings. The quantitative estimate of drug-likeness (QED) is 0.475. The minimum atomic E-state index is -0.933. The van der Waals surface area contributed by atoms with Crippen LogP contribution in [0.15, 0.2) is 0 Å². The maximum Gasteiger partial charge on any atom is 0.326 e. The third-order valence-electron chi connectivity index (χ3n) is 2.36. The first-order chi connectivity index (χ1) is 7.16. The molecule has 1 heterocycles. The monoisotopic (exact) mass is 210 g/mol. The third-order valence-corrected chi connectivity index (χ3v) is 2.36. The molecule has 2 N–H and O–H groups in total. The Morgan fingerprint density at radius 2 is 2.33 bits per heavy atom. The van der Waals surface area contributed by atoms with Crippen LogP contribution in [0.4, 0.5) is 0 Å². The lowest BCUT2D eigenvalue weighted by Gasteiger charge is -2.21. The second kappa shape index (κ2) is 5.37. The molecule has 0 spiro atoms. The summed E-state index contributed by atoms with van der Waals surface area (Å²) in [6.45, 7) is 0.943. The Morgan fingerprint density at radius 1 is 1.60 bits per heavy atom. The van der Waals surface area contributed by atoms with E-state index in [-0.39, 0.29) is 12.5 Å². The first kappa shape index (κ1) is 11.5. The van der Waals surface area contributed by atoms with Crippen LogP contribution < -0.4 is 5.32 Å². The van der Waals surface area contributed by atoms with Gasteiger partial charge in [0, 0.05) is 6.54 Å². The lowest BCUT2D eigenvalue weighted by molar-refractivity contribution is -0.147. The predicted molar refractivity (Wildman–Crippen MR) is 54.1 cm³/mol. The number of aliphatic carboxylic acids is 1. The van der Waals surface area contributed by atoms with E-state index in [2.05, 4.69) is 11.2 Å². The fourth-order valence-corrected chi connectivity index (χ4v) is 1.67. The summed E-state index contributed by atoms with van der Waals surface area (Å²) >= 11 is 0. The lowest BCUT2D eigenvalue weighted by atomic mass is 10.2. The van der Waals surface area contributed by atoms with E-state index in [1.54, 1.807) is 0 Å². The molecule has 1 saturated heterocycles. The van der Waals surface area contributed by atoms with Gasteiger partial charge in [-0.1, -0.05) is 5.92 Å². The van der Waals surface area contributed by atoms with Crippen LogP contribution in [0.1, 0.15) is 12.8 Å². The van der Waals surface area contributed by atoms with E-state index in [9.17, 15) is 9.59 Å². The Morgan fingerprint density at radius 3 is 2.93 bits per heavy atom. The summed E-state index contributed by atoms with van der Waals surface area (Å²) < 4.78 is 0. The number of likely N-dealkylation sites (tertiary alicyclic amines) is 1. The van der Waals surface area contributed by atoms with Crippen molar-refractivity contribution in [3.8, 4) is 12.3 Å². The van der Waals surface area contributed by atoms with Crippen molar-refractivity contribution in [3.63, 3.8) is 0 Å². The van der Waals surface area contributed by atoms with Gasteiger partial charge in [0.25, 0.3) is 0 Å². The SMILES string of the molecule is C#CCNCC(=O)N1CCC[C@@H]1C(=O)O. The van der Waals surface area contributed by atoms with E-state index in [1.807, 2.05) is 0 Å². The highest BCUT2D eigenvalue weighted by atomic mass is 16.4. The molecule has 1 fully saturated rings. The summed E-state index contributed by atoms with van der Waals surface area (Å²) in [5, 5.41) is 11.6. The highest BCUT2D eigenvalue weighted by Crippen LogP contribution is 2.16. The van der Waals surface area contributed by atoms with Crippen molar-refractivity contribution >= 4 is 11.9 Å². The van der Waals surface area contributed by atoms with Crippen molar-refractivity contribution in [2.45, 2.75) is 18.9 Å². The molecular formula is C10H14N2O3. The molecule has 1 amide bonds. The van der Waals surface area contributed by atoms with Crippen molar-refractivity contribution < 1.29 is 14.7 Å². The van der Waals surface area contributed by atoms with E-state index < -0.39 is 12.0 Å². The van der Waals surface area contributed by atoms with Crippen molar-refractivity contribution in [2.75, 3.05) is 19.6 Å². The minimum Gasteiger partial charge on any atom is -0.480 e. The Hall–Kier alpha value is -1.54. The maximum atomic E-state index is 11.6. The Labute approximate surface area is 88.4 Å². The number of rotatable bonds is 4. The fraction of sp³-hybridized carbons (Fsp3) is 0.600. The summed E-state index contributed by atoms with van der Waals surface area (Å²) in [4.78, 5) is 23.8. The number of nitrogens with one attached hydrogen (secondary N) is 1. The van der Waals surface area contributed by atoms with Crippen LogP contribution in [-0.4, -0.2) is 47.6 Å². The van der Waals surface area contributed by atoms with Gasteiger partial charge in [0.2, 0.25) is 5.91 Å². The Kier molecular flexibility index (Phi) is 4.13. The number of amides is 1. The summed E-state index contributed by atoms with van der Waals surface area (Å²) in [6.07, 6.45) is 6.30. The van der Waals surface area contributed by atoms with Crippen LogP contribution in [0.2, 0.25) is 0 Å². The van der Waals surface area contributed by atoms with E-state index >= 15 is 0 Å². The number of carbonyl (C=O) groups excluding carboxylic acids is 1. The molecular weight excluding hydrogens is 196 g/mol. The number of nitrogens with zero attached hydrogens (tertiary/aromatic N) is 1. The molecule has 5 heteroatoms. The van der Waals surface area contributed by atoms with Gasteiger partial charge in [0.05, 0.1) is 13.1 Å². The van der Waals surface area contributed by atoms with Gasteiger partial charge in [-0.25, -0.2) is 4.79 Å². The average Bonchev–Trinajstić information content (AvgIpc) is 2.66. The molecule has 1 atom stereocenters. The molecule has 1 rings (SSSR count). The molecule has 1 aliphatic heterocycles. The number of carboxylic acid groups (broad SMARTS) is 1. The van der Waals surface area contributed by atoms with Gasteiger partial charge in [-0.3, -0.25) is 10.1 Å². The molecule has 0 unspecified atom stereocenters. The van der Waals surface area contributed by atoms with Gasteiger partial charge < -0.3 is 10.0 Å². The molecule has 82 valence electrons. The van der Waals surface area contributed by atoms with E-state index in [1.165, 1.54) is 4.90 Å². The standard InChI is InChI=1S/C10H14N2O3/c1-2-5-11-7-9(13)12-6-3-4-8(12)10(14)15/h1,8,11H,3-7H2,(H,14,15)/t8-/m1/s1. The van der Waals surface area contributed by atoms with Crippen LogP contribution in [0, 0.1) is 12.3 Å². The molecule has 0 aromatic rings. The Balaban J connectivity index is 2.45. The first-order valence-corrected chi connectivity index (χ1v) is 4.83. The van der Waals surface area contributed by atoms with Gasteiger partial charge in [0.1, 0.15) is 6.04 Å². The number of carbonyl (C=O) groups is 2. The topological polar surface area (TPSA) is 69.6 Å². The number of hydrogen-bond donors (Lipinski definition) is 2. The minimum absolute atomic E-state index is 0.105. The van der Waals surface area contributed by atoms with Gasteiger partial charge in [0.15, 0.2) is 0 Å². The van der Waals surface area contributed by atoms with Gasteiger partial charge in [-0.05, 0) is 12.8 Å². The van der Waals surface area contributed by atoms with E-state index in [0.29, 0.717) is 19.5 Å². The van der Waals surface area contributed by atoms with Crippen molar-refractivity contribution in [1.29, 1.82) is 0 Å². The highest BCUT2D eigenvalue weighted by Gasteiger charge is 2.33. The Bertz CT molecular complexity index is 296. The summed E-state index contributed by atoms with van der Waals surface area (Å²) in [5.74, 6) is 1.22. The van der Waals surface area contributed by atoms with Crippen LogP contribution in [0.3, 0.4) is 0 Å². The maximum absolute atomic E-state index is 11.6. The third kappa shape index (κ3) is 2.96. The molecule has 0 saturated carbocycles. The molecule has 0 aromatic carbocycles. The summed E-state index contributed by atoms with van der Waals surface area (Å²) in [6, 6.07) is -0.662. The highest BCUT2D eigenvalue weighted by molar-refractivity contribution is 5.85. The van der Waals surface area contributed by atoms with Gasteiger partial charge >= 0.3 is 5.97 Å². The van der Waals surface area contributed by atoms with Gasteiger partial charge in [-0.2, -0.15) is 0 Å². The van der Waals surface area contributed by atoms with E-state index in [0.717, 1.165) is 6.42 Å². The van der Waals surface area contributed by atoms with Crippen LogP contribution in [0.5, 0.6) is 0 Å². The molecule has 5 nitrogen and oxygen atoms in total. The summed E-state index contributed by atoms with van der Waals surface area (Å²) in [5.41, 5.74) is 0. The van der Waals surface area contributed by atoms with Crippen LogP contribution in [0.25, 0.3) is 0 Å². The normalized spacial score (nSPS) is 19.9. The molecule has 0 aromatic heterocycles. The van der Waals surface area contributed by atoms with Crippen LogP contribution in [-0.2, 0) is 9.59 Å². The number of hydrogen-bond acceptors (Lipinski definition) is 3. The number of terminal acetylenes is 1. The largest absolute Gasteiger partial charge is 0.480 e. The smallest absolute Gasteiger partial charge is 0.326 e. The molecule has 0 bridgehead atoms. The van der Waals surface area contributed by atoms with Gasteiger partial charge in [-0.15, -0.1) is 6.42 Å². The zero-order valence-corrected chi connectivity index (χ0v) is 8.40. The second-order valence-corrected chi connectivity index (χ2v) is 3.39. The summed E-state index contributed by atoms with van der Waals surface area (Å²) in [7, 11) is 0. The van der Waals surface area contributed by atoms with E-state index in [4.69, 9.17) is 11.5 Å². The molecule has 15 heavy (non-hydrogen) atoms. The van der Waals surface area contributed by atoms with Crippen molar-refractivity contribution in [2.24, 2.45) is 0 Å². The second-order valence-electron chi connectivity index (χ2n) is 3.39. The predicted octanol–water partition coefficient (Wildman–Crippen LogP) is -0.715. The average molecular weight is 210 g/mol. The molecule has 0 aliphatic carbocycles. The first-order valence-electron chi connectivity index (χ1n) is 4.83. The van der Waals surface area contributed by atoms with Crippen LogP contribution >= 0.6 is 0 Å².